The maximum atomic E-state index is 2.88. The van der Waals surface area contributed by atoms with Gasteiger partial charge in [0.05, 0.1) is 0 Å². The Morgan fingerprint density at radius 2 is 1.52 bits per heavy atom. The summed E-state index contributed by atoms with van der Waals surface area (Å²) in [6, 6.07) is 3.86. The molecule has 0 radical (unpaired) electrons. The van der Waals surface area contributed by atoms with Gasteiger partial charge in [0.25, 0.3) is 0 Å². The van der Waals surface area contributed by atoms with Gasteiger partial charge in [-0.3, -0.25) is 19.6 Å². The Hall–Kier alpha value is -0.160. The summed E-state index contributed by atoms with van der Waals surface area (Å²) in [5.41, 5.74) is 0.549. The van der Waals surface area contributed by atoms with Crippen molar-refractivity contribution in [2.45, 2.75) is 109 Å². The van der Waals surface area contributed by atoms with Crippen LogP contribution >= 0.6 is 0 Å². The number of nitrogens with zero attached hydrogens (tertiary/aromatic N) is 4. The van der Waals surface area contributed by atoms with Crippen molar-refractivity contribution < 1.29 is 0 Å². The molecule has 0 aromatic rings. The van der Waals surface area contributed by atoms with Gasteiger partial charge in [0, 0.05) is 68.5 Å². The molecule has 4 rings (SSSR count). The molecule has 3 heterocycles. The molecule has 156 valence electrons. The second-order valence-corrected chi connectivity index (χ2v) is 10.6. The Labute approximate surface area is 168 Å². The lowest BCUT2D eigenvalue weighted by molar-refractivity contribution is 0.0141. The Balaban J connectivity index is 1.22. The number of hydrogen-bond acceptors (Lipinski definition) is 4. The molecular formula is C23H44N4. The van der Waals surface area contributed by atoms with E-state index in [1.54, 1.807) is 0 Å². The summed E-state index contributed by atoms with van der Waals surface area (Å²) in [5, 5.41) is 0. The molecule has 1 spiro atoms. The highest BCUT2D eigenvalue weighted by Crippen LogP contribution is 2.45. The molecule has 0 amide bonds. The lowest BCUT2D eigenvalue weighted by Crippen LogP contribution is -2.59. The zero-order chi connectivity index (χ0) is 19.2. The number of likely N-dealkylation sites (tertiary alicyclic amines) is 1. The van der Waals surface area contributed by atoms with Gasteiger partial charge in [-0.25, -0.2) is 0 Å². The fourth-order valence-corrected chi connectivity index (χ4v) is 6.35. The number of hydrogen-bond donors (Lipinski definition) is 0. The quantitative estimate of drug-likeness (QED) is 0.676. The first-order chi connectivity index (χ1) is 12.9. The Kier molecular flexibility index (Phi) is 5.91. The molecule has 3 saturated heterocycles. The summed E-state index contributed by atoms with van der Waals surface area (Å²) in [5.74, 6) is 0. The fraction of sp³-hybridized carbons (Fsp3) is 1.00. The third kappa shape index (κ3) is 4.10. The van der Waals surface area contributed by atoms with E-state index >= 15 is 0 Å². The topological polar surface area (TPSA) is 13.0 Å². The third-order valence-corrected chi connectivity index (χ3v) is 8.24. The molecule has 1 aliphatic carbocycles. The highest BCUT2D eigenvalue weighted by atomic mass is 15.4. The Morgan fingerprint density at radius 3 is 2.07 bits per heavy atom. The van der Waals surface area contributed by atoms with Gasteiger partial charge in [-0.2, -0.15) is 0 Å². The molecule has 3 aliphatic heterocycles. The number of rotatable bonds is 7. The van der Waals surface area contributed by atoms with Crippen LogP contribution in [0.25, 0.3) is 0 Å². The van der Waals surface area contributed by atoms with E-state index in [0.717, 1.165) is 24.2 Å². The molecule has 4 aliphatic rings. The second-order valence-electron chi connectivity index (χ2n) is 10.6. The molecule has 2 bridgehead atoms. The highest BCUT2D eigenvalue weighted by Gasteiger charge is 2.52. The average molecular weight is 377 g/mol. The maximum absolute atomic E-state index is 2.88. The first kappa shape index (κ1) is 20.1. The van der Waals surface area contributed by atoms with Crippen LogP contribution in [0.3, 0.4) is 0 Å². The predicted octanol–water partition coefficient (Wildman–Crippen LogP) is 3.27. The van der Waals surface area contributed by atoms with Crippen LogP contribution < -0.4 is 0 Å². The molecule has 0 aromatic carbocycles. The van der Waals surface area contributed by atoms with Crippen LogP contribution in [0.1, 0.15) is 73.1 Å². The van der Waals surface area contributed by atoms with Crippen LogP contribution in [0.2, 0.25) is 0 Å². The van der Waals surface area contributed by atoms with E-state index in [2.05, 4.69) is 54.2 Å². The van der Waals surface area contributed by atoms with Gasteiger partial charge in [-0.1, -0.05) is 0 Å². The van der Waals surface area contributed by atoms with Crippen LogP contribution in [0.15, 0.2) is 0 Å². The minimum absolute atomic E-state index is 0.549. The standard InChI is InChI=1S/C23H44N4/c1-18(2)25-15-21-8-9-22(16-25)26(21)12-6-7-20(5)24-13-14-27(19(3)4)23(17-24)10-11-23/h18-22H,6-17H2,1-5H3. The molecular weight excluding hydrogens is 332 g/mol. The predicted molar refractivity (Wildman–Crippen MR) is 114 cm³/mol. The monoisotopic (exact) mass is 376 g/mol. The van der Waals surface area contributed by atoms with Gasteiger partial charge >= 0.3 is 0 Å². The molecule has 3 unspecified atom stereocenters. The lowest BCUT2D eigenvalue weighted by atomic mass is 10.0. The van der Waals surface area contributed by atoms with E-state index in [9.17, 15) is 0 Å². The van der Waals surface area contributed by atoms with Crippen LogP contribution in [0, 0.1) is 0 Å². The highest BCUT2D eigenvalue weighted by molar-refractivity contribution is 5.09. The van der Waals surface area contributed by atoms with Gasteiger partial charge in [-0.15, -0.1) is 0 Å². The van der Waals surface area contributed by atoms with E-state index in [4.69, 9.17) is 0 Å². The van der Waals surface area contributed by atoms with E-state index in [1.807, 2.05) is 0 Å². The van der Waals surface area contributed by atoms with E-state index in [0.29, 0.717) is 11.6 Å². The van der Waals surface area contributed by atoms with Crippen LogP contribution in [0.5, 0.6) is 0 Å². The van der Waals surface area contributed by atoms with Crippen molar-refractivity contribution in [1.82, 2.24) is 19.6 Å². The molecule has 0 N–H and O–H groups in total. The first-order valence-electron chi connectivity index (χ1n) is 11.9. The first-order valence-corrected chi connectivity index (χ1v) is 11.9. The van der Waals surface area contributed by atoms with Crippen molar-refractivity contribution in [3.63, 3.8) is 0 Å². The largest absolute Gasteiger partial charge is 0.298 e. The summed E-state index contributed by atoms with van der Waals surface area (Å²) in [4.78, 5) is 11.2. The summed E-state index contributed by atoms with van der Waals surface area (Å²) in [6.45, 7) is 19.8. The van der Waals surface area contributed by atoms with Crippen LogP contribution in [-0.2, 0) is 0 Å². The van der Waals surface area contributed by atoms with Gasteiger partial charge in [-0.05, 0) is 79.7 Å². The number of fused-ring (bicyclic) bond motifs is 2. The summed E-state index contributed by atoms with van der Waals surface area (Å²) < 4.78 is 0. The zero-order valence-corrected chi connectivity index (χ0v) is 18.7. The molecule has 4 fully saturated rings. The van der Waals surface area contributed by atoms with Crippen molar-refractivity contribution in [3.8, 4) is 0 Å². The molecule has 0 aromatic heterocycles. The maximum Gasteiger partial charge on any atom is 0.0341 e. The molecule has 27 heavy (non-hydrogen) atoms. The fourth-order valence-electron chi connectivity index (χ4n) is 6.35. The minimum atomic E-state index is 0.549. The lowest BCUT2D eigenvalue weighted by Gasteiger charge is -2.46. The Morgan fingerprint density at radius 1 is 0.852 bits per heavy atom. The number of piperazine rings is 2. The SMILES string of the molecule is CC(C)N1CC2CCC(C1)N2CCCC(C)N1CCN(C(C)C)C2(CC2)C1. The molecule has 3 atom stereocenters. The van der Waals surface area contributed by atoms with E-state index < -0.39 is 0 Å². The average Bonchev–Trinajstić information content (AvgIpc) is 3.34. The van der Waals surface area contributed by atoms with Crippen molar-refractivity contribution in [3.05, 3.63) is 0 Å². The summed E-state index contributed by atoms with van der Waals surface area (Å²) in [7, 11) is 0. The summed E-state index contributed by atoms with van der Waals surface area (Å²) in [6.07, 6.45) is 8.48. The van der Waals surface area contributed by atoms with E-state index in [1.165, 1.54) is 77.8 Å². The molecule has 1 saturated carbocycles. The zero-order valence-electron chi connectivity index (χ0n) is 18.7. The van der Waals surface area contributed by atoms with Crippen molar-refractivity contribution in [1.29, 1.82) is 0 Å². The van der Waals surface area contributed by atoms with E-state index in [-0.39, 0.29) is 0 Å². The van der Waals surface area contributed by atoms with Crippen molar-refractivity contribution in [2.75, 3.05) is 39.3 Å². The minimum Gasteiger partial charge on any atom is -0.298 e. The summed E-state index contributed by atoms with van der Waals surface area (Å²) >= 11 is 0. The van der Waals surface area contributed by atoms with Crippen molar-refractivity contribution in [2.24, 2.45) is 0 Å². The second kappa shape index (κ2) is 7.93. The van der Waals surface area contributed by atoms with Crippen LogP contribution in [0.4, 0.5) is 0 Å². The molecule has 4 heteroatoms. The Bertz CT molecular complexity index is 487. The van der Waals surface area contributed by atoms with Gasteiger partial charge in [0.2, 0.25) is 0 Å². The van der Waals surface area contributed by atoms with Crippen LogP contribution in [-0.4, -0.2) is 94.6 Å². The van der Waals surface area contributed by atoms with Gasteiger partial charge in [0.15, 0.2) is 0 Å². The normalized spacial score (nSPS) is 33.4. The van der Waals surface area contributed by atoms with Crippen molar-refractivity contribution >= 4 is 0 Å². The smallest absolute Gasteiger partial charge is 0.0341 e. The van der Waals surface area contributed by atoms with Gasteiger partial charge < -0.3 is 0 Å². The van der Waals surface area contributed by atoms with Gasteiger partial charge in [0.1, 0.15) is 0 Å². The third-order valence-electron chi connectivity index (χ3n) is 8.24. The molecule has 4 nitrogen and oxygen atoms in total.